The first-order valence-corrected chi connectivity index (χ1v) is 6.83. The van der Waals surface area contributed by atoms with Gasteiger partial charge in [-0.15, -0.1) is 0 Å². The van der Waals surface area contributed by atoms with E-state index in [0.717, 1.165) is 11.1 Å². The molecule has 0 bridgehead atoms. The van der Waals surface area contributed by atoms with Gasteiger partial charge in [-0.05, 0) is 17.2 Å². The van der Waals surface area contributed by atoms with Crippen LogP contribution in [-0.4, -0.2) is 18.7 Å². The van der Waals surface area contributed by atoms with E-state index in [1.54, 1.807) is 6.08 Å². The molecule has 0 atom stereocenters. The molecule has 4 heteroatoms. The average molecular weight is 296 g/mol. The molecular formula is C18H16O4. The Hall–Kier alpha value is -2.88. The summed E-state index contributed by atoms with van der Waals surface area (Å²) in [4.78, 5) is 23.0. The minimum absolute atomic E-state index is 0.151. The Morgan fingerprint density at radius 2 is 1.50 bits per heavy atom. The molecule has 22 heavy (non-hydrogen) atoms. The van der Waals surface area contributed by atoms with Gasteiger partial charge < -0.3 is 9.47 Å². The number of esters is 2. The number of hydrogen-bond acceptors (Lipinski definition) is 4. The van der Waals surface area contributed by atoms with E-state index < -0.39 is 11.9 Å². The van der Waals surface area contributed by atoms with Crippen molar-refractivity contribution >= 4 is 18.0 Å². The number of carbonyl (C=O) groups is 2. The summed E-state index contributed by atoms with van der Waals surface area (Å²) in [6.45, 7) is -0.385. The SMILES string of the molecule is O=C(/C=C/c1ccccc1)OCOC(=O)Cc1ccccc1. The fourth-order valence-electron chi connectivity index (χ4n) is 1.74. The second-order valence-electron chi connectivity index (χ2n) is 4.50. The van der Waals surface area contributed by atoms with Crippen molar-refractivity contribution in [2.24, 2.45) is 0 Å². The fraction of sp³-hybridized carbons (Fsp3) is 0.111. The van der Waals surface area contributed by atoms with Crippen LogP contribution in [0.25, 0.3) is 6.08 Å². The lowest BCUT2D eigenvalue weighted by atomic mass is 10.2. The average Bonchev–Trinajstić information content (AvgIpc) is 2.55. The largest absolute Gasteiger partial charge is 0.428 e. The van der Waals surface area contributed by atoms with Crippen LogP contribution in [0, 0.1) is 0 Å². The summed E-state index contributed by atoms with van der Waals surface area (Å²) in [5.41, 5.74) is 1.74. The summed E-state index contributed by atoms with van der Waals surface area (Å²) < 4.78 is 9.66. The molecule has 0 fully saturated rings. The Kier molecular flexibility index (Phi) is 5.93. The molecule has 0 aliphatic rings. The molecule has 0 radical (unpaired) electrons. The second kappa shape index (κ2) is 8.42. The lowest BCUT2D eigenvalue weighted by Gasteiger charge is -2.04. The van der Waals surface area contributed by atoms with Gasteiger partial charge in [0.1, 0.15) is 0 Å². The summed E-state index contributed by atoms with van der Waals surface area (Å²) in [6.07, 6.45) is 3.08. The predicted octanol–water partition coefficient (Wildman–Crippen LogP) is 2.99. The van der Waals surface area contributed by atoms with Gasteiger partial charge in [0, 0.05) is 6.08 Å². The van der Waals surface area contributed by atoms with E-state index in [2.05, 4.69) is 0 Å². The van der Waals surface area contributed by atoms with Gasteiger partial charge in [0.05, 0.1) is 6.42 Å². The molecule has 2 rings (SSSR count). The van der Waals surface area contributed by atoms with Crippen LogP contribution >= 0.6 is 0 Å². The highest BCUT2D eigenvalue weighted by molar-refractivity contribution is 5.87. The van der Waals surface area contributed by atoms with Crippen molar-refractivity contribution in [3.8, 4) is 0 Å². The van der Waals surface area contributed by atoms with Gasteiger partial charge in [0.15, 0.2) is 0 Å². The summed E-state index contributed by atoms with van der Waals surface area (Å²) in [5.74, 6) is -0.998. The molecule has 0 saturated carbocycles. The standard InChI is InChI=1S/C18H16O4/c19-17(12-11-15-7-3-1-4-8-15)21-14-22-18(20)13-16-9-5-2-6-10-16/h1-12H,13-14H2/b12-11+. The zero-order chi connectivity index (χ0) is 15.6. The van der Waals surface area contributed by atoms with Crippen LogP contribution in [0.1, 0.15) is 11.1 Å². The maximum Gasteiger partial charge on any atom is 0.333 e. The molecule has 0 heterocycles. The maximum atomic E-state index is 11.5. The first-order chi connectivity index (χ1) is 10.7. The molecule has 0 spiro atoms. The van der Waals surface area contributed by atoms with Crippen LogP contribution in [0.15, 0.2) is 66.7 Å². The zero-order valence-corrected chi connectivity index (χ0v) is 12.0. The molecule has 4 nitrogen and oxygen atoms in total. The van der Waals surface area contributed by atoms with Crippen LogP contribution < -0.4 is 0 Å². The molecule has 112 valence electrons. The smallest absolute Gasteiger partial charge is 0.333 e. The lowest BCUT2D eigenvalue weighted by Crippen LogP contribution is -2.13. The molecule has 0 aromatic heterocycles. The molecule has 0 unspecified atom stereocenters. The fourth-order valence-corrected chi connectivity index (χ4v) is 1.74. The third kappa shape index (κ3) is 5.63. The van der Waals surface area contributed by atoms with Crippen LogP contribution in [0.4, 0.5) is 0 Å². The van der Waals surface area contributed by atoms with E-state index in [4.69, 9.17) is 9.47 Å². The molecule has 0 saturated heterocycles. The molecule has 0 N–H and O–H groups in total. The molecule has 0 aliphatic heterocycles. The molecule has 0 aliphatic carbocycles. The Morgan fingerprint density at radius 1 is 0.864 bits per heavy atom. The number of ether oxygens (including phenoxy) is 2. The summed E-state index contributed by atoms with van der Waals surface area (Å²) in [6, 6.07) is 18.6. The summed E-state index contributed by atoms with van der Waals surface area (Å²) >= 11 is 0. The van der Waals surface area contributed by atoms with Crippen LogP contribution in [0.2, 0.25) is 0 Å². The first-order valence-electron chi connectivity index (χ1n) is 6.83. The van der Waals surface area contributed by atoms with E-state index in [-0.39, 0.29) is 13.2 Å². The highest BCUT2D eigenvalue weighted by Gasteiger charge is 2.05. The van der Waals surface area contributed by atoms with Crippen molar-refractivity contribution in [2.75, 3.05) is 6.79 Å². The highest BCUT2D eigenvalue weighted by Crippen LogP contribution is 2.02. The van der Waals surface area contributed by atoms with Crippen molar-refractivity contribution in [1.82, 2.24) is 0 Å². The van der Waals surface area contributed by atoms with E-state index in [0.29, 0.717) is 0 Å². The number of benzene rings is 2. The van der Waals surface area contributed by atoms with Gasteiger partial charge in [0.2, 0.25) is 6.79 Å². The van der Waals surface area contributed by atoms with Crippen molar-refractivity contribution in [3.05, 3.63) is 77.9 Å². The monoisotopic (exact) mass is 296 g/mol. The Morgan fingerprint density at radius 3 is 2.18 bits per heavy atom. The molecular weight excluding hydrogens is 280 g/mol. The molecule has 2 aromatic carbocycles. The normalized spacial score (nSPS) is 10.4. The first kappa shape index (κ1) is 15.5. The van der Waals surface area contributed by atoms with Crippen molar-refractivity contribution in [3.63, 3.8) is 0 Å². The third-order valence-corrected chi connectivity index (χ3v) is 2.82. The minimum atomic E-state index is -0.559. The summed E-state index contributed by atoms with van der Waals surface area (Å²) in [7, 11) is 0. The van der Waals surface area contributed by atoms with Crippen LogP contribution in [0.3, 0.4) is 0 Å². The Bertz CT molecular complexity index is 633. The third-order valence-electron chi connectivity index (χ3n) is 2.82. The Labute approximate surface area is 129 Å². The van der Waals surface area contributed by atoms with Crippen molar-refractivity contribution in [2.45, 2.75) is 6.42 Å². The van der Waals surface area contributed by atoms with Gasteiger partial charge in [0.25, 0.3) is 0 Å². The van der Waals surface area contributed by atoms with E-state index in [1.165, 1.54) is 6.08 Å². The van der Waals surface area contributed by atoms with Gasteiger partial charge >= 0.3 is 11.9 Å². The molecule has 0 amide bonds. The van der Waals surface area contributed by atoms with E-state index in [9.17, 15) is 9.59 Å². The van der Waals surface area contributed by atoms with Crippen LogP contribution in [0.5, 0.6) is 0 Å². The number of rotatable bonds is 6. The lowest BCUT2D eigenvalue weighted by molar-refractivity contribution is -0.163. The van der Waals surface area contributed by atoms with Gasteiger partial charge in [-0.25, -0.2) is 4.79 Å². The van der Waals surface area contributed by atoms with E-state index >= 15 is 0 Å². The van der Waals surface area contributed by atoms with Crippen molar-refractivity contribution in [1.29, 1.82) is 0 Å². The second-order valence-corrected chi connectivity index (χ2v) is 4.50. The Balaban J connectivity index is 1.68. The van der Waals surface area contributed by atoms with E-state index in [1.807, 2.05) is 60.7 Å². The predicted molar refractivity (Wildman–Crippen MR) is 82.7 cm³/mol. The summed E-state index contributed by atoms with van der Waals surface area (Å²) in [5, 5.41) is 0. The van der Waals surface area contributed by atoms with Gasteiger partial charge in [-0.1, -0.05) is 60.7 Å². The van der Waals surface area contributed by atoms with Crippen molar-refractivity contribution < 1.29 is 19.1 Å². The topological polar surface area (TPSA) is 52.6 Å². The molecule has 2 aromatic rings. The van der Waals surface area contributed by atoms with Gasteiger partial charge in [-0.2, -0.15) is 0 Å². The van der Waals surface area contributed by atoms with Crippen LogP contribution in [-0.2, 0) is 25.5 Å². The number of hydrogen-bond donors (Lipinski definition) is 0. The van der Waals surface area contributed by atoms with Gasteiger partial charge in [-0.3, -0.25) is 4.79 Å². The number of carbonyl (C=O) groups excluding carboxylic acids is 2. The zero-order valence-electron chi connectivity index (χ0n) is 12.0. The quantitative estimate of drug-likeness (QED) is 0.467. The minimum Gasteiger partial charge on any atom is -0.428 e. The maximum absolute atomic E-state index is 11.5. The highest BCUT2D eigenvalue weighted by atomic mass is 16.7.